The van der Waals surface area contributed by atoms with Gasteiger partial charge in [0.2, 0.25) is 0 Å². The summed E-state index contributed by atoms with van der Waals surface area (Å²) in [5, 5.41) is 2.93. The molecule has 0 aliphatic carbocycles. The fraction of sp³-hybridized carbons (Fsp3) is 0.364. The Bertz CT molecular complexity index is 879. The van der Waals surface area contributed by atoms with Gasteiger partial charge in [-0.05, 0) is 41.8 Å². The quantitative estimate of drug-likeness (QED) is 0.721. The standard InChI is InChI=1S/C22H25NO6/c1-14(2)21(15-7-8-18-19(12-15)28-10-9-27-18)23-20(24)13-29-22(25)16-5-4-6-17(11-16)26-3/h4-8,11-12,14,21H,9-10,13H2,1-3H3,(H,23,24)/t21-/m0/s1. The average molecular weight is 399 g/mol. The first kappa shape index (κ1) is 20.5. The number of hydrogen-bond donors (Lipinski definition) is 1. The van der Waals surface area contributed by atoms with E-state index in [0.717, 1.165) is 5.56 Å². The molecule has 2 aromatic carbocycles. The zero-order chi connectivity index (χ0) is 20.8. The van der Waals surface area contributed by atoms with E-state index in [2.05, 4.69) is 5.32 Å². The van der Waals surface area contributed by atoms with Gasteiger partial charge >= 0.3 is 5.97 Å². The van der Waals surface area contributed by atoms with E-state index in [9.17, 15) is 9.59 Å². The van der Waals surface area contributed by atoms with Gasteiger partial charge in [0.05, 0.1) is 18.7 Å². The van der Waals surface area contributed by atoms with Crippen molar-refractivity contribution in [3.05, 3.63) is 53.6 Å². The Kier molecular flexibility index (Phi) is 6.59. The molecule has 1 heterocycles. The second kappa shape index (κ2) is 9.32. The van der Waals surface area contributed by atoms with Crippen LogP contribution in [0, 0.1) is 5.92 Å². The number of amides is 1. The van der Waals surface area contributed by atoms with E-state index in [-0.39, 0.29) is 24.5 Å². The minimum atomic E-state index is -0.584. The molecule has 29 heavy (non-hydrogen) atoms. The topological polar surface area (TPSA) is 83.1 Å². The van der Waals surface area contributed by atoms with Gasteiger partial charge in [0.15, 0.2) is 18.1 Å². The molecule has 1 N–H and O–H groups in total. The van der Waals surface area contributed by atoms with Crippen LogP contribution in [0.1, 0.15) is 35.8 Å². The van der Waals surface area contributed by atoms with Crippen molar-refractivity contribution in [1.29, 1.82) is 0 Å². The Morgan fingerprint density at radius 2 is 1.83 bits per heavy atom. The van der Waals surface area contributed by atoms with Crippen molar-refractivity contribution < 1.29 is 28.5 Å². The third-order valence-corrected chi connectivity index (χ3v) is 4.55. The Labute approximate surface area is 169 Å². The molecule has 7 heteroatoms. The van der Waals surface area contributed by atoms with Crippen molar-refractivity contribution in [3.8, 4) is 17.2 Å². The first-order chi connectivity index (χ1) is 14.0. The van der Waals surface area contributed by atoms with Gasteiger partial charge in [0.1, 0.15) is 19.0 Å². The van der Waals surface area contributed by atoms with E-state index in [0.29, 0.717) is 36.0 Å². The third-order valence-electron chi connectivity index (χ3n) is 4.55. The van der Waals surface area contributed by atoms with Gasteiger partial charge in [0, 0.05) is 0 Å². The molecular formula is C22H25NO6. The van der Waals surface area contributed by atoms with Crippen molar-refractivity contribution in [2.75, 3.05) is 26.9 Å². The molecule has 0 aromatic heterocycles. The third kappa shape index (κ3) is 5.19. The summed E-state index contributed by atoms with van der Waals surface area (Å²) in [4.78, 5) is 24.6. The highest BCUT2D eigenvalue weighted by atomic mass is 16.6. The summed E-state index contributed by atoms with van der Waals surface area (Å²) in [7, 11) is 1.52. The highest BCUT2D eigenvalue weighted by Crippen LogP contribution is 2.34. The molecule has 3 rings (SSSR count). The van der Waals surface area contributed by atoms with Crippen LogP contribution in [0.4, 0.5) is 0 Å². The van der Waals surface area contributed by atoms with Crippen molar-refractivity contribution in [2.24, 2.45) is 5.92 Å². The molecule has 7 nitrogen and oxygen atoms in total. The Morgan fingerprint density at radius 3 is 2.55 bits per heavy atom. The SMILES string of the molecule is COc1cccc(C(=O)OCC(=O)N[C@H](c2ccc3c(c2)OCCO3)C(C)C)c1. The number of carbonyl (C=O) groups is 2. The molecule has 0 spiro atoms. The van der Waals surface area contributed by atoms with E-state index in [1.165, 1.54) is 7.11 Å². The van der Waals surface area contributed by atoms with E-state index in [1.807, 2.05) is 32.0 Å². The normalized spacial score (nSPS) is 13.5. The number of carbonyl (C=O) groups excluding carboxylic acids is 2. The van der Waals surface area contributed by atoms with Crippen LogP contribution in [-0.2, 0) is 9.53 Å². The number of esters is 1. The lowest BCUT2D eigenvalue weighted by Gasteiger charge is -2.25. The molecule has 1 amide bonds. The lowest BCUT2D eigenvalue weighted by atomic mass is 9.95. The fourth-order valence-electron chi connectivity index (χ4n) is 3.07. The average Bonchev–Trinajstić information content (AvgIpc) is 2.75. The number of rotatable bonds is 7. The molecule has 1 aliphatic heterocycles. The highest BCUT2D eigenvalue weighted by Gasteiger charge is 2.22. The van der Waals surface area contributed by atoms with Gasteiger partial charge in [0.25, 0.3) is 5.91 Å². The van der Waals surface area contributed by atoms with Gasteiger partial charge in [-0.3, -0.25) is 4.79 Å². The minimum Gasteiger partial charge on any atom is -0.497 e. The molecule has 0 saturated carbocycles. The zero-order valence-corrected chi connectivity index (χ0v) is 16.8. The van der Waals surface area contributed by atoms with Gasteiger partial charge in [-0.25, -0.2) is 4.79 Å². The number of benzene rings is 2. The van der Waals surface area contributed by atoms with E-state index in [1.54, 1.807) is 24.3 Å². The van der Waals surface area contributed by atoms with Crippen LogP contribution >= 0.6 is 0 Å². The number of methoxy groups -OCH3 is 1. The summed E-state index contributed by atoms with van der Waals surface area (Å²) in [5.41, 5.74) is 1.22. The molecule has 0 fully saturated rings. The summed E-state index contributed by atoms with van der Waals surface area (Å²) in [6, 6.07) is 11.9. The molecule has 1 aliphatic rings. The smallest absolute Gasteiger partial charge is 0.338 e. The van der Waals surface area contributed by atoms with Crippen LogP contribution in [0.5, 0.6) is 17.2 Å². The Balaban J connectivity index is 1.62. The lowest BCUT2D eigenvalue weighted by molar-refractivity contribution is -0.125. The van der Waals surface area contributed by atoms with Gasteiger partial charge in [-0.1, -0.05) is 26.0 Å². The van der Waals surface area contributed by atoms with Crippen LogP contribution in [0.15, 0.2) is 42.5 Å². The first-order valence-electron chi connectivity index (χ1n) is 9.48. The molecule has 0 radical (unpaired) electrons. The summed E-state index contributed by atoms with van der Waals surface area (Å²) < 4.78 is 21.4. The predicted molar refractivity (Wildman–Crippen MR) is 106 cm³/mol. The van der Waals surface area contributed by atoms with Crippen molar-refractivity contribution in [3.63, 3.8) is 0 Å². The van der Waals surface area contributed by atoms with Crippen LogP contribution in [0.3, 0.4) is 0 Å². The van der Waals surface area contributed by atoms with E-state index in [4.69, 9.17) is 18.9 Å². The molecule has 0 bridgehead atoms. The molecule has 1 atom stereocenters. The lowest BCUT2D eigenvalue weighted by Crippen LogP contribution is -2.35. The summed E-state index contributed by atoms with van der Waals surface area (Å²) in [6.07, 6.45) is 0. The Hall–Kier alpha value is -3.22. The van der Waals surface area contributed by atoms with Crippen molar-refractivity contribution in [1.82, 2.24) is 5.32 Å². The van der Waals surface area contributed by atoms with E-state index < -0.39 is 5.97 Å². The van der Waals surface area contributed by atoms with Crippen LogP contribution in [-0.4, -0.2) is 38.8 Å². The zero-order valence-electron chi connectivity index (χ0n) is 16.8. The van der Waals surface area contributed by atoms with Gasteiger partial charge in [-0.15, -0.1) is 0 Å². The number of hydrogen-bond acceptors (Lipinski definition) is 6. The van der Waals surface area contributed by atoms with Crippen LogP contribution in [0.25, 0.3) is 0 Å². The van der Waals surface area contributed by atoms with Crippen LogP contribution in [0.2, 0.25) is 0 Å². The van der Waals surface area contributed by atoms with Gasteiger partial charge in [-0.2, -0.15) is 0 Å². The number of fused-ring (bicyclic) bond motifs is 1. The molecule has 154 valence electrons. The number of ether oxygens (including phenoxy) is 4. The van der Waals surface area contributed by atoms with Gasteiger partial charge < -0.3 is 24.3 Å². The monoisotopic (exact) mass is 399 g/mol. The maximum Gasteiger partial charge on any atom is 0.338 e. The first-order valence-corrected chi connectivity index (χ1v) is 9.48. The predicted octanol–water partition coefficient (Wildman–Crippen LogP) is 3.14. The van der Waals surface area contributed by atoms with Crippen molar-refractivity contribution in [2.45, 2.75) is 19.9 Å². The molecule has 0 saturated heterocycles. The second-order valence-corrected chi connectivity index (χ2v) is 7.00. The number of nitrogens with one attached hydrogen (secondary N) is 1. The maximum absolute atomic E-state index is 12.4. The molecule has 0 unspecified atom stereocenters. The molecular weight excluding hydrogens is 374 g/mol. The Morgan fingerprint density at radius 1 is 1.07 bits per heavy atom. The van der Waals surface area contributed by atoms with E-state index >= 15 is 0 Å². The minimum absolute atomic E-state index is 0.121. The summed E-state index contributed by atoms with van der Waals surface area (Å²) in [5.74, 6) is 1.06. The summed E-state index contributed by atoms with van der Waals surface area (Å²) >= 11 is 0. The fourth-order valence-corrected chi connectivity index (χ4v) is 3.07. The largest absolute Gasteiger partial charge is 0.497 e. The molecule has 2 aromatic rings. The highest BCUT2D eigenvalue weighted by molar-refractivity contribution is 5.91. The van der Waals surface area contributed by atoms with Crippen LogP contribution < -0.4 is 19.5 Å². The second-order valence-electron chi connectivity index (χ2n) is 7.00. The summed E-state index contributed by atoms with van der Waals surface area (Å²) in [6.45, 7) is 4.66. The maximum atomic E-state index is 12.4. The van der Waals surface area contributed by atoms with Crippen molar-refractivity contribution >= 4 is 11.9 Å².